The number of hydrogen-bond acceptors (Lipinski definition) is 1. The van der Waals surface area contributed by atoms with Crippen molar-refractivity contribution < 1.29 is 9.18 Å². The van der Waals surface area contributed by atoms with Crippen LogP contribution in [0.1, 0.15) is 6.42 Å². The fourth-order valence-corrected chi connectivity index (χ4v) is 0.827. The van der Waals surface area contributed by atoms with Gasteiger partial charge in [0.2, 0.25) is 5.91 Å². The van der Waals surface area contributed by atoms with E-state index in [2.05, 4.69) is 11.9 Å². The minimum absolute atomic E-state index is 0.0844. The molecule has 1 saturated heterocycles. The number of carbonyl (C=O) groups excluding carboxylic acids is 1. The molecule has 1 unspecified atom stereocenters. The van der Waals surface area contributed by atoms with Crippen molar-refractivity contribution in [3.8, 4) is 0 Å². The maximum atomic E-state index is 12.2. The van der Waals surface area contributed by atoms with Gasteiger partial charge in [-0.05, 0) is 0 Å². The molecule has 9 heavy (non-hydrogen) atoms. The molecule has 1 atom stereocenters. The molecule has 0 aromatic rings. The summed E-state index contributed by atoms with van der Waals surface area (Å²) < 4.78 is 12.2. The summed E-state index contributed by atoms with van der Waals surface area (Å²) in [6.07, 6.45) is 0.259. The van der Waals surface area contributed by atoms with E-state index in [1.54, 1.807) is 0 Å². The summed E-state index contributed by atoms with van der Waals surface area (Å²) >= 11 is 0. The summed E-state index contributed by atoms with van der Waals surface area (Å²) in [4.78, 5) is 10.4. The molecule has 50 valence electrons. The lowest BCUT2D eigenvalue weighted by Gasteiger charge is -1.98. The van der Waals surface area contributed by atoms with Crippen LogP contribution in [0.4, 0.5) is 4.39 Å². The van der Waals surface area contributed by atoms with Crippen molar-refractivity contribution in [3.63, 3.8) is 0 Å². The van der Waals surface area contributed by atoms with Crippen molar-refractivity contribution in [2.75, 3.05) is 6.54 Å². The van der Waals surface area contributed by atoms with E-state index in [0.717, 1.165) is 0 Å². The van der Waals surface area contributed by atoms with Crippen molar-refractivity contribution in [2.45, 2.75) is 6.42 Å². The average Bonchev–Trinajstić information content (AvgIpc) is 2.14. The zero-order valence-electron chi connectivity index (χ0n) is 4.98. The first kappa shape index (κ1) is 6.26. The first-order valence-corrected chi connectivity index (χ1v) is 2.81. The standard InChI is InChI=1S/C6H8FNO/c1-4(7)5-2-6(9)8-3-5/h5H,1-3H2,(H,8,9). The van der Waals surface area contributed by atoms with E-state index in [-0.39, 0.29) is 18.2 Å². The predicted molar refractivity (Wildman–Crippen MR) is 31.4 cm³/mol. The van der Waals surface area contributed by atoms with Gasteiger partial charge < -0.3 is 5.32 Å². The van der Waals surface area contributed by atoms with E-state index in [4.69, 9.17) is 0 Å². The van der Waals surface area contributed by atoms with Gasteiger partial charge in [-0.25, -0.2) is 4.39 Å². The van der Waals surface area contributed by atoms with Crippen LogP contribution in [0.25, 0.3) is 0 Å². The normalized spacial score (nSPS) is 25.9. The van der Waals surface area contributed by atoms with Crippen LogP contribution in [0.3, 0.4) is 0 Å². The highest BCUT2D eigenvalue weighted by atomic mass is 19.1. The fourth-order valence-electron chi connectivity index (χ4n) is 0.827. The van der Waals surface area contributed by atoms with Crippen LogP contribution in [-0.2, 0) is 4.79 Å². The van der Waals surface area contributed by atoms with Crippen LogP contribution in [-0.4, -0.2) is 12.5 Å². The lowest BCUT2D eigenvalue weighted by atomic mass is 10.1. The summed E-state index contributed by atoms with van der Waals surface area (Å²) in [5.74, 6) is -0.760. The third-order valence-electron chi connectivity index (χ3n) is 1.42. The lowest BCUT2D eigenvalue weighted by Crippen LogP contribution is -2.13. The van der Waals surface area contributed by atoms with Crippen molar-refractivity contribution in [1.82, 2.24) is 5.32 Å². The fraction of sp³-hybridized carbons (Fsp3) is 0.500. The molecule has 1 amide bonds. The van der Waals surface area contributed by atoms with Crippen molar-refractivity contribution in [1.29, 1.82) is 0 Å². The lowest BCUT2D eigenvalue weighted by molar-refractivity contribution is -0.119. The Balaban J connectivity index is 2.48. The number of halogens is 1. The van der Waals surface area contributed by atoms with Gasteiger partial charge >= 0.3 is 0 Å². The zero-order valence-corrected chi connectivity index (χ0v) is 4.98. The van der Waals surface area contributed by atoms with E-state index in [1.165, 1.54) is 0 Å². The number of carbonyl (C=O) groups is 1. The average molecular weight is 129 g/mol. The maximum Gasteiger partial charge on any atom is 0.220 e. The van der Waals surface area contributed by atoms with Gasteiger partial charge in [-0.2, -0.15) is 0 Å². The summed E-state index contributed by atoms with van der Waals surface area (Å²) in [6, 6.07) is 0. The van der Waals surface area contributed by atoms with Crippen molar-refractivity contribution >= 4 is 5.91 Å². The summed E-state index contributed by atoms with van der Waals surface area (Å²) in [6.45, 7) is 3.52. The largest absolute Gasteiger partial charge is 0.355 e. The van der Waals surface area contributed by atoms with Gasteiger partial charge in [-0.1, -0.05) is 6.58 Å². The molecule has 3 heteroatoms. The van der Waals surface area contributed by atoms with Gasteiger partial charge in [0, 0.05) is 18.9 Å². The highest BCUT2D eigenvalue weighted by Gasteiger charge is 2.23. The van der Waals surface area contributed by atoms with Crippen LogP contribution >= 0.6 is 0 Å². The molecule has 1 N–H and O–H groups in total. The molecular weight excluding hydrogens is 121 g/mol. The van der Waals surface area contributed by atoms with Crippen LogP contribution in [0.5, 0.6) is 0 Å². The minimum Gasteiger partial charge on any atom is -0.355 e. The number of nitrogens with one attached hydrogen (secondary N) is 1. The Labute approximate surface area is 52.7 Å². The van der Waals surface area contributed by atoms with Crippen LogP contribution < -0.4 is 5.32 Å². The molecule has 1 rings (SSSR count). The van der Waals surface area contributed by atoms with E-state index in [0.29, 0.717) is 6.54 Å². The van der Waals surface area contributed by atoms with Gasteiger partial charge in [-0.3, -0.25) is 4.79 Å². The van der Waals surface area contributed by atoms with Crippen molar-refractivity contribution in [3.05, 3.63) is 12.4 Å². The summed E-state index contributed by atoms with van der Waals surface area (Å²) in [7, 11) is 0. The quantitative estimate of drug-likeness (QED) is 0.552. The molecular formula is C6H8FNO. The smallest absolute Gasteiger partial charge is 0.220 e. The van der Waals surface area contributed by atoms with E-state index in [1.807, 2.05) is 0 Å². The second-order valence-corrected chi connectivity index (χ2v) is 2.15. The van der Waals surface area contributed by atoms with Crippen LogP contribution in [0.2, 0.25) is 0 Å². The maximum absolute atomic E-state index is 12.2. The summed E-state index contributed by atoms with van der Waals surface area (Å²) in [5, 5.41) is 2.51. The van der Waals surface area contributed by atoms with Gasteiger partial charge in [0.25, 0.3) is 0 Å². The molecule has 0 aliphatic carbocycles. The topological polar surface area (TPSA) is 29.1 Å². The molecule has 0 saturated carbocycles. The molecule has 0 aromatic carbocycles. The third kappa shape index (κ3) is 1.28. The molecule has 0 aromatic heterocycles. The van der Waals surface area contributed by atoms with Gasteiger partial charge in [-0.15, -0.1) is 0 Å². The Morgan fingerprint density at radius 1 is 1.89 bits per heavy atom. The number of hydrogen-bond donors (Lipinski definition) is 1. The molecule has 0 spiro atoms. The Hall–Kier alpha value is -0.860. The second-order valence-electron chi connectivity index (χ2n) is 2.15. The Morgan fingerprint density at radius 3 is 2.78 bits per heavy atom. The Kier molecular flexibility index (Phi) is 1.51. The van der Waals surface area contributed by atoms with E-state index in [9.17, 15) is 9.18 Å². The number of amides is 1. The third-order valence-corrected chi connectivity index (χ3v) is 1.42. The molecule has 0 radical (unpaired) electrons. The Morgan fingerprint density at radius 2 is 2.56 bits per heavy atom. The molecule has 2 nitrogen and oxygen atoms in total. The van der Waals surface area contributed by atoms with E-state index >= 15 is 0 Å². The van der Waals surface area contributed by atoms with Gasteiger partial charge in [0.15, 0.2) is 0 Å². The van der Waals surface area contributed by atoms with Crippen LogP contribution in [0, 0.1) is 5.92 Å². The first-order valence-electron chi connectivity index (χ1n) is 2.81. The van der Waals surface area contributed by atoms with Gasteiger partial charge in [0.05, 0.1) is 5.83 Å². The number of rotatable bonds is 1. The molecule has 1 heterocycles. The monoisotopic (exact) mass is 129 g/mol. The van der Waals surface area contributed by atoms with Crippen LogP contribution in [0.15, 0.2) is 12.4 Å². The highest BCUT2D eigenvalue weighted by Crippen LogP contribution is 2.17. The van der Waals surface area contributed by atoms with Crippen molar-refractivity contribution in [2.24, 2.45) is 5.92 Å². The Bertz CT molecular complexity index is 155. The minimum atomic E-state index is -0.395. The van der Waals surface area contributed by atoms with Gasteiger partial charge in [0.1, 0.15) is 0 Å². The highest BCUT2D eigenvalue weighted by molar-refractivity contribution is 5.78. The van der Waals surface area contributed by atoms with E-state index < -0.39 is 5.83 Å². The second kappa shape index (κ2) is 2.17. The summed E-state index contributed by atoms with van der Waals surface area (Å²) in [5.41, 5.74) is 0. The SMILES string of the molecule is C=C(F)C1CNC(=O)C1. The molecule has 0 bridgehead atoms. The zero-order chi connectivity index (χ0) is 6.85. The molecule has 1 aliphatic heterocycles. The molecule has 1 aliphatic rings. The first-order chi connectivity index (χ1) is 4.20. The predicted octanol–water partition coefficient (Wildman–Crippen LogP) is 0.606. The molecule has 1 fully saturated rings.